The van der Waals surface area contributed by atoms with Crippen molar-refractivity contribution in [3.05, 3.63) is 42.4 Å². The van der Waals surface area contributed by atoms with Crippen LogP contribution < -0.4 is 0 Å². The summed E-state index contributed by atoms with van der Waals surface area (Å²) in [5.41, 5.74) is 0.641. The summed E-state index contributed by atoms with van der Waals surface area (Å²) in [4.78, 5) is 0. The van der Waals surface area contributed by atoms with Gasteiger partial charge >= 0.3 is 0 Å². The van der Waals surface area contributed by atoms with E-state index in [1.165, 1.54) is 12.5 Å². The molecule has 1 aliphatic rings. The lowest BCUT2D eigenvalue weighted by Crippen LogP contribution is -1.97. The highest BCUT2D eigenvalue weighted by molar-refractivity contribution is 5.33. The first kappa shape index (κ1) is 7.03. The Bertz CT molecular complexity index is 298. The normalized spacial score (nSPS) is 15.7. The zero-order valence-electron chi connectivity index (χ0n) is 6.31. The van der Waals surface area contributed by atoms with Gasteiger partial charge in [-0.2, -0.15) is 0 Å². The molecule has 0 amide bonds. The second kappa shape index (κ2) is 2.77. The third kappa shape index (κ3) is 1.09. The van der Waals surface area contributed by atoms with Gasteiger partial charge in [-0.3, -0.25) is 0 Å². The van der Waals surface area contributed by atoms with E-state index in [4.69, 9.17) is 9.47 Å². The largest absolute Gasteiger partial charge is 0.507 e. The molecule has 12 heavy (non-hydrogen) atoms. The Hall–Kier alpha value is -1.64. The second-order valence-electron chi connectivity index (χ2n) is 2.44. The minimum Gasteiger partial charge on any atom is -0.507 e. The Labute approximate surface area is 69.9 Å². The summed E-state index contributed by atoms with van der Waals surface area (Å²) >= 11 is 0. The third-order valence-electron chi connectivity index (χ3n) is 1.65. The van der Waals surface area contributed by atoms with E-state index in [1.54, 1.807) is 18.2 Å². The predicted molar refractivity (Wildman–Crippen MR) is 42.2 cm³/mol. The molecule has 0 atom stereocenters. The van der Waals surface area contributed by atoms with Crippen LogP contribution in [0.2, 0.25) is 0 Å². The molecule has 3 heteroatoms. The van der Waals surface area contributed by atoms with E-state index >= 15 is 0 Å². The zero-order valence-corrected chi connectivity index (χ0v) is 6.31. The molecule has 0 saturated heterocycles. The van der Waals surface area contributed by atoms with Crippen LogP contribution in [0, 0.1) is 0 Å². The minimum absolute atomic E-state index is 0.186. The van der Waals surface area contributed by atoms with Crippen molar-refractivity contribution in [2.75, 3.05) is 0 Å². The van der Waals surface area contributed by atoms with Gasteiger partial charge in [0.2, 0.25) is 0 Å². The summed E-state index contributed by atoms with van der Waals surface area (Å²) in [6.45, 7) is 0. The molecule has 0 aromatic heterocycles. The van der Waals surface area contributed by atoms with Crippen LogP contribution >= 0.6 is 0 Å². The summed E-state index contributed by atoms with van der Waals surface area (Å²) in [7, 11) is 0. The summed E-state index contributed by atoms with van der Waals surface area (Å²) in [5.74, 6) is 0.186. The standard InChI is InChI=1S/C9H8O3/c10-8-4-2-1-3-7(8)9-11-5-6-12-9/h1-6,9-10H. The van der Waals surface area contributed by atoms with Gasteiger partial charge in [-0.05, 0) is 12.1 Å². The summed E-state index contributed by atoms with van der Waals surface area (Å²) in [5, 5.41) is 9.38. The van der Waals surface area contributed by atoms with E-state index < -0.39 is 6.29 Å². The van der Waals surface area contributed by atoms with E-state index in [0.717, 1.165) is 0 Å². The monoisotopic (exact) mass is 164 g/mol. The van der Waals surface area contributed by atoms with Crippen molar-refractivity contribution in [3.8, 4) is 5.75 Å². The number of benzene rings is 1. The second-order valence-corrected chi connectivity index (χ2v) is 2.44. The van der Waals surface area contributed by atoms with Crippen LogP contribution in [0.3, 0.4) is 0 Å². The third-order valence-corrected chi connectivity index (χ3v) is 1.65. The lowest BCUT2D eigenvalue weighted by Gasteiger charge is -2.10. The molecule has 0 unspecified atom stereocenters. The van der Waals surface area contributed by atoms with Crippen LogP contribution in [0.25, 0.3) is 0 Å². The molecular formula is C9H8O3. The van der Waals surface area contributed by atoms with E-state index in [1.807, 2.05) is 6.07 Å². The molecule has 1 aliphatic heterocycles. The van der Waals surface area contributed by atoms with Crippen LogP contribution in [0.15, 0.2) is 36.8 Å². The maximum absolute atomic E-state index is 9.38. The van der Waals surface area contributed by atoms with Crippen molar-refractivity contribution >= 4 is 0 Å². The van der Waals surface area contributed by atoms with Crippen molar-refractivity contribution in [1.82, 2.24) is 0 Å². The Balaban J connectivity index is 2.27. The van der Waals surface area contributed by atoms with Gasteiger partial charge in [0, 0.05) is 0 Å². The highest BCUT2D eigenvalue weighted by atomic mass is 16.7. The first-order valence-corrected chi connectivity index (χ1v) is 3.62. The van der Waals surface area contributed by atoms with Gasteiger partial charge in [0.25, 0.3) is 6.29 Å². The maximum Gasteiger partial charge on any atom is 0.269 e. The average molecular weight is 164 g/mol. The lowest BCUT2D eigenvalue weighted by atomic mass is 10.2. The molecule has 0 radical (unpaired) electrons. The Morgan fingerprint density at radius 2 is 1.75 bits per heavy atom. The molecule has 0 bridgehead atoms. The minimum atomic E-state index is -0.494. The fourth-order valence-corrected chi connectivity index (χ4v) is 1.07. The number of hydrogen-bond acceptors (Lipinski definition) is 3. The number of ether oxygens (including phenoxy) is 2. The number of hydrogen-bond donors (Lipinski definition) is 1. The SMILES string of the molecule is Oc1ccccc1C1OC=CO1. The maximum atomic E-state index is 9.38. The van der Waals surface area contributed by atoms with Crippen molar-refractivity contribution in [2.45, 2.75) is 6.29 Å². The molecule has 2 rings (SSSR count). The van der Waals surface area contributed by atoms with Gasteiger partial charge < -0.3 is 14.6 Å². The van der Waals surface area contributed by atoms with E-state index in [0.29, 0.717) is 5.56 Å². The van der Waals surface area contributed by atoms with Crippen LogP contribution in [0.1, 0.15) is 11.9 Å². The molecule has 1 aromatic carbocycles. The topological polar surface area (TPSA) is 38.7 Å². The zero-order chi connectivity index (χ0) is 8.39. The van der Waals surface area contributed by atoms with Crippen molar-refractivity contribution < 1.29 is 14.6 Å². The average Bonchev–Trinajstić information content (AvgIpc) is 2.57. The summed E-state index contributed by atoms with van der Waals surface area (Å²) in [6, 6.07) is 6.93. The molecule has 0 fully saturated rings. The number of phenolic OH excluding ortho intramolecular Hbond substituents is 1. The van der Waals surface area contributed by atoms with E-state index in [-0.39, 0.29) is 5.75 Å². The van der Waals surface area contributed by atoms with E-state index in [9.17, 15) is 5.11 Å². The molecule has 1 N–H and O–H groups in total. The fourth-order valence-electron chi connectivity index (χ4n) is 1.07. The van der Waals surface area contributed by atoms with Crippen molar-refractivity contribution in [1.29, 1.82) is 0 Å². The molecule has 0 saturated carbocycles. The molecule has 62 valence electrons. The molecular weight excluding hydrogens is 156 g/mol. The quantitative estimate of drug-likeness (QED) is 0.689. The van der Waals surface area contributed by atoms with E-state index in [2.05, 4.69) is 0 Å². The smallest absolute Gasteiger partial charge is 0.269 e. The molecule has 0 aliphatic carbocycles. The summed E-state index contributed by atoms with van der Waals surface area (Å²) < 4.78 is 10.1. The number of aromatic hydroxyl groups is 1. The first-order chi connectivity index (χ1) is 5.88. The lowest BCUT2D eigenvalue weighted by molar-refractivity contribution is -0.0260. The molecule has 3 nitrogen and oxygen atoms in total. The van der Waals surface area contributed by atoms with Gasteiger partial charge in [-0.1, -0.05) is 12.1 Å². The predicted octanol–water partition coefficient (Wildman–Crippen LogP) is 1.91. The van der Waals surface area contributed by atoms with Gasteiger partial charge in [-0.15, -0.1) is 0 Å². The molecule has 1 heterocycles. The number of rotatable bonds is 1. The summed E-state index contributed by atoms with van der Waals surface area (Å²) in [6.07, 6.45) is 2.42. The van der Waals surface area contributed by atoms with Gasteiger partial charge in [0.05, 0.1) is 5.56 Å². The van der Waals surface area contributed by atoms with Gasteiger partial charge in [0.1, 0.15) is 18.3 Å². The van der Waals surface area contributed by atoms with Crippen LogP contribution in [0.5, 0.6) is 5.75 Å². The highest BCUT2D eigenvalue weighted by Gasteiger charge is 2.18. The Morgan fingerprint density at radius 1 is 1.08 bits per heavy atom. The first-order valence-electron chi connectivity index (χ1n) is 3.62. The van der Waals surface area contributed by atoms with Gasteiger partial charge in [0.15, 0.2) is 0 Å². The van der Waals surface area contributed by atoms with Crippen LogP contribution in [-0.4, -0.2) is 5.11 Å². The highest BCUT2D eigenvalue weighted by Crippen LogP contribution is 2.30. The van der Waals surface area contributed by atoms with Crippen molar-refractivity contribution in [3.63, 3.8) is 0 Å². The Kier molecular flexibility index (Phi) is 1.63. The molecule has 0 spiro atoms. The Morgan fingerprint density at radius 3 is 2.42 bits per heavy atom. The van der Waals surface area contributed by atoms with Crippen LogP contribution in [0.4, 0.5) is 0 Å². The number of phenols is 1. The van der Waals surface area contributed by atoms with Crippen molar-refractivity contribution in [2.24, 2.45) is 0 Å². The van der Waals surface area contributed by atoms with Crippen LogP contribution in [-0.2, 0) is 9.47 Å². The number of para-hydroxylation sites is 1. The fraction of sp³-hybridized carbons (Fsp3) is 0.111. The molecule has 1 aromatic rings. The van der Waals surface area contributed by atoms with Gasteiger partial charge in [-0.25, -0.2) is 0 Å².